The molecule has 2 rings (SSSR count). The number of hydrogen-bond acceptors (Lipinski definition) is 3. The molecule has 0 saturated carbocycles. The third-order valence-corrected chi connectivity index (χ3v) is 4.94. The van der Waals surface area contributed by atoms with Crippen molar-refractivity contribution in [3.05, 3.63) is 49.6 Å². The Bertz CT molecular complexity index is 596. The zero-order chi connectivity index (χ0) is 14.0. The first-order chi connectivity index (χ1) is 8.99. The molecule has 0 spiro atoms. The van der Waals surface area contributed by atoms with E-state index < -0.39 is 5.97 Å². The minimum absolute atomic E-state index is 0.269. The highest BCUT2D eigenvalue weighted by Crippen LogP contribution is 2.27. The molecule has 19 heavy (non-hydrogen) atoms. The minimum atomic E-state index is -0.906. The number of benzene rings is 1. The molecule has 0 aliphatic heterocycles. The average molecular weight is 341 g/mol. The maximum absolute atomic E-state index is 11.0. The summed E-state index contributed by atoms with van der Waals surface area (Å²) in [5.41, 5.74) is 2.90. The molecule has 0 atom stereocenters. The van der Waals surface area contributed by atoms with Gasteiger partial charge in [0, 0.05) is 10.0 Å². The lowest BCUT2D eigenvalue weighted by molar-refractivity contribution is 0.0699. The van der Waals surface area contributed by atoms with Crippen molar-refractivity contribution in [3.8, 4) is 5.75 Å². The Labute approximate surface area is 124 Å². The molecule has 0 amide bonds. The summed E-state index contributed by atoms with van der Waals surface area (Å²) in [6, 6.07) is 5.65. The van der Waals surface area contributed by atoms with E-state index in [2.05, 4.69) is 15.9 Å². The molecule has 3 nitrogen and oxygen atoms in total. The highest BCUT2D eigenvalue weighted by molar-refractivity contribution is 9.10. The normalized spacial score (nSPS) is 10.5. The second-order valence-electron chi connectivity index (χ2n) is 4.24. The first-order valence-corrected chi connectivity index (χ1v) is 7.35. The highest BCUT2D eigenvalue weighted by Gasteiger charge is 2.12. The molecular weight excluding hydrogens is 328 g/mol. The molecule has 0 radical (unpaired) electrons. The molecule has 5 heteroatoms. The molecule has 0 saturated heterocycles. The van der Waals surface area contributed by atoms with Crippen molar-refractivity contribution < 1.29 is 14.6 Å². The third kappa shape index (κ3) is 3.16. The number of thiophene rings is 1. The van der Waals surface area contributed by atoms with Gasteiger partial charge in [0.1, 0.15) is 17.2 Å². The zero-order valence-electron chi connectivity index (χ0n) is 10.6. The first-order valence-electron chi connectivity index (χ1n) is 5.68. The summed E-state index contributed by atoms with van der Waals surface area (Å²) in [4.78, 5) is 11.3. The predicted octanol–water partition coefficient (Wildman–Crippen LogP) is 4.40. The van der Waals surface area contributed by atoms with Crippen LogP contribution in [0.3, 0.4) is 0 Å². The van der Waals surface area contributed by atoms with Crippen molar-refractivity contribution >= 4 is 33.2 Å². The van der Waals surface area contributed by atoms with E-state index in [-0.39, 0.29) is 6.61 Å². The summed E-state index contributed by atoms with van der Waals surface area (Å²) in [5.74, 6) is -0.155. The van der Waals surface area contributed by atoms with E-state index in [4.69, 9.17) is 9.84 Å². The van der Waals surface area contributed by atoms with Gasteiger partial charge >= 0.3 is 5.97 Å². The topological polar surface area (TPSA) is 46.5 Å². The summed E-state index contributed by atoms with van der Waals surface area (Å²) in [6.45, 7) is 4.26. The summed E-state index contributed by atoms with van der Waals surface area (Å²) >= 11 is 4.72. The van der Waals surface area contributed by atoms with E-state index in [0.717, 1.165) is 21.3 Å². The molecule has 0 aliphatic rings. The van der Waals surface area contributed by atoms with Crippen molar-refractivity contribution in [1.82, 2.24) is 0 Å². The molecule has 100 valence electrons. The molecule has 1 N–H and O–H groups in total. The van der Waals surface area contributed by atoms with Crippen LogP contribution in [0, 0.1) is 13.8 Å². The quantitative estimate of drug-likeness (QED) is 0.896. The maximum atomic E-state index is 11.0. The fourth-order valence-corrected chi connectivity index (χ4v) is 2.76. The number of rotatable bonds is 4. The van der Waals surface area contributed by atoms with E-state index in [1.165, 1.54) is 11.3 Å². The summed E-state index contributed by atoms with van der Waals surface area (Å²) in [6.07, 6.45) is 0. The van der Waals surface area contributed by atoms with Crippen LogP contribution in [0.2, 0.25) is 0 Å². The number of carbonyl (C=O) groups is 1. The van der Waals surface area contributed by atoms with Crippen molar-refractivity contribution in [1.29, 1.82) is 0 Å². The lowest BCUT2D eigenvalue weighted by atomic mass is 10.1. The molecule has 0 unspecified atom stereocenters. The van der Waals surface area contributed by atoms with E-state index in [0.29, 0.717) is 10.4 Å². The number of aryl methyl sites for hydroxylation is 2. The monoisotopic (exact) mass is 340 g/mol. The fourth-order valence-electron chi connectivity index (χ4n) is 1.79. The van der Waals surface area contributed by atoms with Crippen LogP contribution in [-0.4, -0.2) is 11.1 Å². The lowest BCUT2D eigenvalue weighted by Crippen LogP contribution is -2.02. The van der Waals surface area contributed by atoms with Crippen LogP contribution in [0.1, 0.15) is 26.4 Å². The van der Waals surface area contributed by atoms with Crippen molar-refractivity contribution in [2.45, 2.75) is 20.5 Å². The van der Waals surface area contributed by atoms with Crippen molar-refractivity contribution in [2.24, 2.45) is 0 Å². The first kappa shape index (κ1) is 14.1. The van der Waals surface area contributed by atoms with Crippen LogP contribution >= 0.6 is 27.3 Å². The molecule has 1 aromatic heterocycles. The maximum Gasteiger partial charge on any atom is 0.346 e. The number of halogens is 1. The van der Waals surface area contributed by atoms with Crippen LogP contribution in [0.25, 0.3) is 0 Å². The van der Waals surface area contributed by atoms with Gasteiger partial charge in [-0.25, -0.2) is 4.79 Å². The van der Waals surface area contributed by atoms with Gasteiger partial charge in [-0.1, -0.05) is 15.9 Å². The van der Waals surface area contributed by atoms with Gasteiger partial charge in [-0.3, -0.25) is 0 Å². The molecule has 0 aliphatic carbocycles. The van der Waals surface area contributed by atoms with Gasteiger partial charge in [0.2, 0.25) is 0 Å². The SMILES string of the molecule is Cc1cc(OCc2ccsc2C(=O)O)cc(C)c1Br. The van der Waals surface area contributed by atoms with Crippen molar-refractivity contribution in [2.75, 3.05) is 0 Å². The van der Waals surface area contributed by atoms with Crippen LogP contribution in [0.4, 0.5) is 0 Å². The number of aromatic carboxylic acids is 1. The molecule has 2 aromatic rings. The van der Waals surface area contributed by atoms with E-state index >= 15 is 0 Å². The Kier molecular flexibility index (Phi) is 4.27. The van der Waals surface area contributed by atoms with Crippen LogP contribution < -0.4 is 4.74 Å². The predicted molar refractivity (Wildman–Crippen MR) is 79.2 cm³/mol. The highest BCUT2D eigenvalue weighted by atomic mass is 79.9. The second kappa shape index (κ2) is 5.75. The Hall–Kier alpha value is -1.33. The Morgan fingerprint density at radius 1 is 1.37 bits per heavy atom. The van der Waals surface area contributed by atoms with Gasteiger partial charge in [-0.05, 0) is 48.6 Å². The Balaban J connectivity index is 2.15. The van der Waals surface area contributed by atoms with Crippen LogP contribution in [0.15, 0.2) is 28.1 Å². The smallest absolute Gasteiger partial charge is 0.346 e. The number of hydrogen-bond donors (Lipinski definition) is 1. The molecule has 1 heterocycles. The van der Waals surface area contributed by atoms with Gasteiger partial charge in [0.05, 0.1) is 0 Å². The van der Waals surface area contributed by atoms with Crippen LogP contribution in [0.5, 0.6) is 5.75 Å². The van der Waals surface area contributed by atoms with Gasteiger partial charge in [-0.2, -0.15) is 0 Å². The number of ether oxygens (including phenoxy) is 1. The average Bonchev–Trinajstić information content (AvgIpc) is 2.81. The molecular formula is C14H13BrO3S. The number of carboxylic acid groups (broad SMARTS) is 1. The lowest BCUT2D eigenvalue weighted by Gasteiger charge is -2.10. The zero-order valence-corrected chi connectivity index (χ0v) is 13.0. The van der Waals surface area contributed by atoms with E-state index in [9.17, 15) is 4.79 Å². The Morgan fingerprint density at radius 3 is 2.58 bits per heavy atom. The van der Waals surface area contributed by atoms with Gasteiger partial charge in [0.15, 0.2) is 0 Å². The molecule has 0 bridgehead atoms. The second-order valence-corrected chi connectivity index (χ2v) is 5.95. The van der Waals surface area contributed by atoms with Crippen molar-refractivity contribution in [3.63, 3.8) is 0 Å². The molecule has 0 fully saturated rings. The minimum Gasteiger partial charge on any atom is -0.489 e. The largest absolute Gasteiger partial charge is 0.489 e. The Morgan fingerprint density at radius 2 is 2.00 bits per heavy atom. The van der Waals surface area contributed by atoms with E-state index in [1.807, 2.05) is 26.0 Å². The summed E-state index contributed by atoms with van der Waals surface area (Å²) in [7, 11) is 0. The van der Waals surface area contributed by atoms with Gasteiger partial charge in [-0.15, -0.1) is 11.3 Å². The summed E-state index contributed by atoms with van der Waals surface area (Å²) < 4.78 is 6.75. The number of carboxylic acids is 1. The standard InChI is InChI=1S/C14H13BrO3S/c1-8-5-11(6-9(2)12(8)15)18-7-10-3-4-19-13(10)14(16)17/h3-6H,7H2,1-2H3,(H,16,17). The van der Waals surface area contributed by atoms with E-state index in [1.54, 1.807) is 11.4 Å². The summed E-state index contributed by atoms with van der Waals surface area (Å²) in [5, 5.41) is 10.8. The van der Waals surface area contributed by atoms with Crippen LogP contribution in [-0.2, 0) is 6.61 Å². The fraction of sp³-hybridized carbons (Fsp3) is 0.214. The van der Waals surface area contributed by atoms with Gasteiger partial charge < -0.3 is 9.84 Å². The van der Waals surface area contributed by atoms with Gasteiger partial charge in [0.25, 0.3) is 0 Å². The molecule has 1 aromatic carbocycles. The third-order valence-electron chi connectivity index (χ3n) is 2.75.